The number of methoxy groups -OCH3 is 1. The number of benzene rings is 1. The van der Waals surface area contributed by atoms with Gasteiger partial charge < -0.3 is 18.6 Å². The van der Waals surface area contributed by atoms with E-state index in [1.807, 2.05) is 24.3 Å². The summed E-state index contributed by atoms with van der Waals surface area (Å²) in [7, 11) is 1.28. The van der Waals surface area contributed by atoms with Crippen molar-refractivity contribution in [1.82, 2.24) is 0 Å². The molecule has 0 saturated heterocycles. The largest absolute Gasteiger partial charge is 0.492 e. The molecule has 0 bridgehead atoms. The minimum Gasteiger partial charge on any atom is -0.492 e. The monoisotopic (exact) mass is 330 g/mol. The van der Waals surface area contributed by atoms with E-state index >= 15 is 0 Å². The maximum absolute atomic E-state index is 12.2. The van der Waals surface area contributed by atoms with E-state index in [0.717, 1.165) is 11.3 Å². The van der Waals surface area contributed by atoms with Gasteiger partial charge >= 0.3 is 11.9 Å². The van der Waals surface area contributed by atoms with Crippen LogP contribution in [0, 0.1) is 12.8 Å². The third kappa shape index (κ3) is 3.27. The minimum atomic E-state index is -0.553. The van der Waals surface area contributed by atoms with Crippen molar-refractivity contribution in [3.05, 3.63) is 53.0 Å². The Kier molecular flexibility index (Phi) is 4.55. The van der Waals surface area contributed by atoms with Gasteiger partial charge in [-0.1, -0.05) is 18.2 Å². The van der Waals surface area contributed by atoms with Gasteiger partial charge in [-0.3, -0.25) is 4.79 Å². The van der Waals surface area contributed by atoms with E-state index in [2.05, 4.69) is 4.74 Å². The fourth-order valence-electron chi connectivity index (χ4n) is 2.65. The van der Waals surface area contributed by atoms with E-state index in [-0.39, 0.29) is 24.3 Å². The number of fused-ring (bicyclic) bond motifs is 1. The molecule has 0 saturated carbocycles. The smallest absolute Gasteiger partial charge is 0.374 e. The van der Waals surface area contributed by atoms with Crippen LogP contribution in [0.25, 0.3) is 0 Å². The van der Waals surface area contributed by atoms with Gasteiger partial charge in [0.15, 0.2) is 0 Å². The van der Waals surface area contributed by atoms with Crippen molar-refractivity contribution in [1.29, 1.82) is 0 Å². The molecule has 1 unspecified atom stereocenters. The maximum Gasteiger partial charge on any atom is 0.374 e. The predicted octanol–water partition coefficient (Wildman–Crippen LogP) is 2.67. The molecule has 1 aromatic heterocycles. The molecule has 0 amide bonds. The first-order valence-electron chi connectivity index (χ1n) is 7.63. The van der Waals surface area contributed by atoms with Gasteiger partial charge in [-0.2, -0.15) is 0 Å². The van der Waals surface area contributed by atoms with Crippen LogP contribution in [0.5, 0.6) is 5.75 Å². The van der Waals surface area contributed by atoms with Gasteiger partial charge in [0, 0.05) is 5.56 Å². The summed E-state index contributed by atoms with van der Waals surface area (Å²) in [6.07, 6.45) is 0.583. The molecule has 0 fully saturated rings. The lowest BCUT2D eigenvalue weighted by molar-refractivity contribution is -0.151. The van der Waals surface area contributed by atoms with Crippen molar-refractivity contribution < 1.29 is 28.2 Å². The Bertz CT molecular complexity index is 761. The van der Waals surface area contributed by atoms with Crippen molar-refractivity contribution in [2.45, 2.75) is 20.0 Å². The van der Waals surface area contributed by atoms with Crippen LogP contribution in [0.15, 0.2) is 34.7 Å². The third-order valence-corrected chi connectivity index (χ3v) is 3.91. The Hall–Kier alpha value is -2.76. The van der Waals surface area contributed by atoms with Crippen LogP contribution in [0.3, 0.4) is 0 Å². The van der Waals surface area contributed by atoms with Crippen LogP contribution in [0.4, 0.5) is 0 Å². The van der Waals surface area contributed by atoms with E-state index in [1.165, 1.54) is 7.11 Å². The first-order valence-corrected chi connectivity index (χ1v) is 7.63. The second kappa shape index (κ2) is 6.78. The molecule has 2 heterocycles. The van der Waals surface area contributed by atoms with E-state index in [0.29, 0.717) is 24.4 Å². The van der Waals surface area contributed by atoms with Crippen molar-refractivity contribution in [3.63, 3.8) is 0 Å². The van der Waals surface area contributed by atoms with Gasteiger partial charge in [0.05, 0.1) is 13.0 Å². The Balaban J connectivity index is 1.59. The highest BCUT2D eigenvalue weighted by Gasteiger charge is 2.27. The zero-order valence-electron chi connectivity index (χ0n) is 13.5. The summed E-state index contributed by atoms with van der Waals surface area (Å²) in [4.78, 5) is 23.7. The molecule has 1 aliphatic heterocycles. The van der Waals surface area contributed by atoms with Gasteiger partial charge in [0.25, 0.3) is 0 Å². The highest BCUT2D eigenvalue weighted by molar-refractivity contribution is 5.87. The first kappa shape index (κ1) is 16.1. The summed E-state index contributed by atoms with van der Waals surface area (Å²) in [5.74, 6) is 0.0827. The number of para-hydroxylation sites is 1. The highest BCUT2D eigenvalue weighted by Crippen LogP contribution is 2.27. The maximum atomic E-state index is 12.2. The lowest BCUT2D eigenvalue weighted by Gasteiger charge is -2.23. The third-order valence-electron chi connectivity index (χ3n) is 3.91. The highest BCUT2D eigenvalue weighted by atomic mass is 16.6. The van der Waals surface area contributed by atoms with E-state index in [1.54, 1.807) is 13.0 Å². The van der Waals surface area contributed by atoms with E-state index in [4.69, 9.17) is 13.9 Å². The molecule has 0 aliphatic carbocycles. The van der Waals surface area contributed by atoms with Crippen LogP contribution in [0.1, 0.15) is 27.4 Å². The quantitative estimate of drug-likeness (QED) is 0.802. The summed E-state index contributed by atoms with van der Waals surface area (Å²) in [5.41, 5.74) is 1.63. The summed E-state index contributed by atoms with van der Waals surface area (Å²) in [6.45, 7) is 1.99. The van der Waals surface area contributed by atoms with Gasteiger partial charge in [-0.15, -0.1) is 0 Å². The summed E-state index contributed by atoms with van der Waals surface area (Å²) in [6, 6.07) is 9.29. The van der Waals surface area contributed by atoms with Crippen LogP contribution < -0.4 is 4.74 Å². The molecular formula is C18H18O6. The van der Waals surface area contributed by atoms with Gasteiger partial charge in [0.1, 0.15) is 24.7 Å². The number of carbonyl (C=O) groups is 2. The Labute approximate surface area is 139 Å². The Morgan fingerprint density at radius 2 is 2.08 bits per heavy atom. The second-order valence-electron chi connectivity index (χ2n) is 5.64. The number of aryl methyl sites for hydroxylation is 1. The van der Waals surface area contributed by atoms with Crippen LogP contribution in [-0.4, -0.2) is 25.7 Å². The molecule has 0 N–H and O–H groups in total. The molecule has 126 valence electrons. The van der Waals surface area contributed by atoms with Crippen LogP contribution in [0.2, 0.25) is 0 Å². The second-order valence-corrected chi connectivity index (χ2v) is 5.64. The van der Waals surface area contributed by atoms with Gasteiger partial charge in [-0.05, 0) is 31.0 Å². The van der Waals surface area contributed by atoms with Gasteiger partial charge in [0.2, 0.25) is 5.76 Å². The van der Waals surface area contributed by atoms with Crippen LogP contribution in [-0.2, 0) is 27.3 Å². The first-order chi connectivity index (χ1) is 11.6. The number of carbonyl (C=O) groups excluding carboxylic acids is 2. The lowest BCUT2D eigenvalue weighted by Crippen LogP contribution is -2.29. The molecule has 24 heavy (non-hydrogen) atoms. The molecule has 6 nitrogen and oxygen atoms in total. The standard InChI is InChI=1S/C18H18O6/c1-11-7-14(24-16(11)18(20)21-2)10-23-17(19)13-8-12-5-3-4-6-15(12)22-9-13/h3-7,13H,8-10H2,1-2H3. The van der Waals surface area contributed by atoms with Crippen molar-refractivity contribution in [2.24, 2.45) is 5.92 Å². The number of ether oxygens (including phenoxy) is 3. The fourth-order valence-corrected chi connectivity index (χ4v) is 2.65. The minimum absolute atomic E-state index is 0.0329. The molecule has 0 spiro atoms. The summed E-state index contributed by atoms with van der Waals surface area (Å²) in [5, 5.41) is 0. The Morgan fingerprint density at radius 3 is 2.88 bits per heavy atom. The molecule has 6 heteroatoms. The topological polar surface area (TPSA) is 75.0 Å². The average Bonchev–Trinajstić information content (AvgIpc) is 2.99. The van der Waals surface area contributed by atoms with E-state index < -0.39 is 5.97 Å². The number of rotatable bonds is 4. The summed E-state index contributed by atoms with van der Waals surface area (Å²) >= 11 is 0. The number of furan rings is 1. The van der Waals surface area contributed by atoms with Crippen LogP contribution >= 0.6 is 0 Å². The zero-order valence-corrected chi connectivity index (χ0v) is 13.5. The lowest BCUT2D eigenvalue weighted by atomic mass is 9.97. The number of hydrogen-bond donors (Lipinski definition) is 0. The van der Waals surface area contributed by atoms with Crippen molar-refractivity contribution in [2.75, 3.05) is 13.7 Å². The molecule has 3 rings (SSSR count). The predicted molar refractivity (Wildman–Crippen MR) is 83.7 cm³/mol. The van der Waals surface area contributed by atoms with Crippen molar-refractivity contribution >= 4 is 11.9 Å². The molecule has 2 aromatic rings. The molecule has 0 radical (unpaired) electrons. The molecular weight excluding hydrogens is 312 g/mol. The SMILES string of the molecule is COC(=O)c1oc(COC(=O)C2COc3ccccc3C2)cc1C. The summed E-state index contributed by atoms with van der Waals surface area (Å²) < 4.78 is 20.9. The number of hydrogen-bond acceptors (Lipinski definition) is 6. The van der Waals surface area contributed by atoms with E-state index in [9.17, 15) is 9.59 Å². The van der Waals surface area contributed by atoms with Crippen molar-refractivity contribution in [3.8, 4) is 5.75 Å². The average molecular weight is 330 g/mol. The number of esters is 2. The molecule has 1 atom stereocenters. The Morgan fingerprint density at radius 1 is 1.29 bits per heavy atom. The van der Waals surface area contributed by atoms with Gasteiger partial charge in [-0.25, -0.2) is 4.79 Å². The normalized spacial score (nSPS) is 16.0. The molecule has 1 aliphatic rings. The fraction of sp³-hybridized carbons (Fsp3) is 0.333. The zero-order chi connectivity index (χ0) is 17.1. The molecule has 1 aromatic carbocycles.